The first-order valence-electron chi connectivity index (χ1n) is 10.1. The molecule has 146 valence electrons. The van der Waals surface area contributed by atoms with Crippen molar-refractivity contribution in [1.82, 2.24) is 15.5 Å². The Morgan fingerprint density at radius 1 is 1.23 bits per heavy atom. The molecular weight excluding hydrogens is 324 g/mol. The summed E-state index contributed by atoms with van der Waals surface area (Å²) in [6, 6.07) is 9.44. The van der Waals surface area contributed by atoms with Crippen LogP contribution in [-0.2, 0) is 17.8 Å². The molecule has 1 aromatic carbocycles. The minimum absolute atomic E-state index is 0.685. The fraction of sp³-hybridized carbons (Fsp3) is 0.667. The van der Waals surface area contributed by atoms with Crippen LogP contribution in [0.1, 0.15) is 50.7 Å². The van der Waals surface area contributed by atoms with Gasteiger partial charge in [0.15, 0.2) is 5.96 Å². The lowest BCUT2D eigenvalue weighted by molar-refractivity contribution is 0.145. The largest absolute Gasteiger partial charge is 0.382 e. The lowest BCUT2D eigenvalue weighted by Crippen LogP contribution is -2.39. The van der Waals surface area contributed by atoms with Crippen LogP contribution < -0.4 is 10.6 Å². The molecule has 1 heterocycles. The molecule has 0 bridgehead atoms. The number of benzene rings is 1. The van der Waals surface area contributed by atoms with E-state index in [1.807, 2.05) is 14.0 Å². The lowest BCUT2D eigenvalue weighted by Gasteiger charge is -2.33. The quantitative estimate of drug-likeness (QED) is 0.403. The standard InChI is InChI=1S/C21H36N4O/c1-4-26-15-9-13-23-21(22-3)24-16-19-11-5-6-12-20(19)17-25-14-8-7-10-18(25)2/h5-6,11-12,18H,4,7-10,13-17H2,1-3H3,(H2,22,23,24). The maximum atomic E-state index is 5.37. The zero-order valence-electron chi connectivity index (χ0n) is 16.8. The van der Waals surface area contributed by atoms with Crippen molar-refractivity contribution in [2.45, 2.75) is 58.7 Å². The molecule has 0 spiro atoms. The van der Waals surface area contributed by atoms with E-state index >= 15 is 0 Å². The van der Waals surface area contributed by atoms with E-state index in [9.17, 15) is 0 Å². The topological polar surface area (TPSA) is 48.9 Å². The Bertz CT molecular complexity index is 547. The van der Waals surface area contributed by atoms with Crippen LogP contribution >= 0.6 is 0 Å². The van der Waals surface area contributed by atoms with E-state index in [0.717, 1.165) is 45.2 Å². The van der Waals surface area contributed by atoms with Gasteiger partial charge in [0.2, 0.25) is 0 Å². The second kappa shape index (κ2) is 11.9. The van der Waals surface area contributed by atoms with Gasteiger partial charge in [-0.25, -0.2) is 0 Å². The van der Waals surface area contributed by atoms with Gasteiger partial charge in [0, 0.05) is 45.9 Å². The van der Waals surface area contributed by atoms with E-state index in [1.165, 1.54) is 36.9 Å². The van der Waals surface area contributed by atoms with Crippen molar-refractivity contribution in [2.24, 2.45) is 4.99 Å². The van der Waals surface area contributed by atoms with Gasteiger partial charge in [-0.05, 0) is 50.8 Å². The molecule has 1 fully saturated rings. The maximum absolute atomic E-state index is 5.37. The molecule has 0 amide bonds. The van der Waals surface area contributed by atoms with Gasteiger partial charge in [-0.3, -0.25) is 9.89 Å². The number of likely N-dealkylation sites (tertiary alicyclic amines) is 1. The molecule has 1 aliphatic rings. The number of aliphatic imine (C=N–C) groups is 1. The van der Waals surface area contributed by atoms with E-state index in [2.05, 4.69) is 51.7 Å². The minimum atomic E-state index is 0.685. The van der Waals surface area contributed by atoms with Gasteiger partial charge in [-0.15, -0.1) is 0 Å². The predicted molar refractivity (Wildman–Crippen MR) is 109 cm³/mol. The average Bonchev–Trinajstić information content (AvgIpc) is 2.67. The van der Waals surface area contributed by atoms with Crippen molar-refractivity contribution in [1.29, 1.82) is 0 Å². The van der Waals surface area contributed by atoms with Crippen LogP contribution in [0.5, 0.6) is 0 Å². The molecule has 0 saturated carbocycles. The van der Waals surface area contributed by atoms with Crippen molar-refractivity contribution in [3.05, 3.63) is 35.4 Å². The Balaban J connectivity index is 1.84. The van der Waals surface area contributed by atoms with E-state index in [4.69, 9.17) is 4.74 Å². The van der Waals surface area contributed by atoms with Gasteiger partial charge in [-0.2, -0.15) is 0 Å². The van der Waals surface area contributed by atoms with Gasteiger partial charge in [0.05, 0.1) is 0 Å². The molecule has 1 unspecified atom stereocenters. The van der Waals surface area contributed by atoms with Gasteiger partial charge in [0.1, 0.15) is 0 Å². The summed E-state index contributed by atoms with van der Waals surface area (Å²) in [6.45, 7) is 9.86. The first-order chi connectivity index (χ1) is 12.7. The summed E-state index contributed by atoms with van der Waals surface area (Å²) < 4.78 is 5.37. The van der Waals surface area contributed by atoms with Crippen LogP contribution in [0.2, 0.25) is 0 Å². The van der Waals surface area contributed by atoms with Gasteiger partial charge in [0.25, 0.3) is 0 Å². The number of guanidine groups is 1. The van der Waals surface area contributed by atoms with E-state index in [1.54, 1.807) is 0 Å². The zero-order valence-corrected chi connectivity index (χ0v) is 16.8. The van der Waals surface area contributed by atoms with Gasteiger partial charge < -0.3 is 15.4 Å². The van der Waals surface area contributed by atoms with Crippen molar-refractivity contribution < 1.29 is 4.74 Å². The number of hydrogen-bond acceptors (Lipinski definition) is 3. The second-order valence-corrected chi connectivity index (χ2v) is 6.99. The summed E-state index contributed by atoms with van der Waals surface area (Å²) in [6.07, 6.45) is 4.99. The number of hydrogen-bond donors (Lipinski definition) is 2. The first-order valence-corrected chi connectivity index (χ1v) is 10.1. The molecule has 26 heavy (non-hydrogen) atoms. The van der Waals surface area contributed by atoms with Crippen LogP contribution in [0.15, 0.2) is 29.3 Å². The molecule has 5 heteroatoms. The smallest absolute Gasteiger partial charge is 0.191 e. The molecule has 1 aliphatic heterocycles. The summed E-state index contributed by atoms with van der Waals surface area (Å²) in [5.74, 6) is 0.850. The molecule has 5 nitrogen and oxygen atoms in total. The van der Waals surface area contributed by atoms with Crippen molar-refractivity contribution in [2.75, 3.05) is 33.4 Å². The zero-order chi connectivity index (χ0) is 18.6. The van der Waals surface area contributed by atoms with E-state index < -0.39 is 0 Å². The number of nitrogens with one attached hydrogen (secondary N) is 2. The van der Waals surface area contributed by atoms with Crippen molar-refractivity contribution in [3.63, 3.8) is 0 Å². The average molecular weight is 361 g/mol. The second-order valence-electron chi connectivity index (χ2n) is 6.99. The van der Waals surface area contributed by atoms with Gasteiger partial charge in [-0.1, -0.05) is 30.7 Å². The highest BCUT2D eigenvalue weighted by Crippen LogP contribution is 2.20. The fourth-order valence-electron chi connectivity index (χ4n) is 3.42. The number of ether oxygens (including phenoxy) is 1. The molecule has 1 aromatic rings. The third-order valence-corrected chi connectivity index (χ3v) is 5.06. The van der Waals surface area contributed by atoms with E-state index in [0.29, 0.717) is 6.04 Å². The summed E-state index contributed by atoms with van der Waals surface area (Å²) in [7, 11) is 1.82. The maximum Gasteiger partial charge on any atom is 0.191 e. The highest BCUT2D eigenvalue weighted by Gasteiger charge is 2.19. The normalized spacial score (nSPS) is 18.7. The van der Waals surface area contributed by atoms with Crippen LogP contribution in [0.4, 0.5) is 0 Å². The molecule has 2 rings (SSSR count). The van der Waals surface area contributed by atoms with Crippen LogP contribution in [0.25, 0.3) is 0 Å². The summed E-state index contributed by atoms with van der Waals surface area (Å²) in [5, 5.41) is 6.80. The molecule has 0 aromatic heterocycles. The fourth-order valence-corrected chi connectivity index (χ4v) is 3.42. The highest BCUT2D eigenvalue weighted by molar-refractivity contribution is 5.79. The molecular formula is C21H36N4O. The number of nitrogens with zero attached hydrogens (tertiary/aromatic N) is 2. The SMILES string of the molecule is CCOCCCNC(=NC)NCc1ccccc1CN1CCCCC1C. The molecule has 1 saturated heterocycles. The van der Waals surface area contributed by atoms with Crippen LogP contribution in [-0.4, -0.2) is 50.3 Å². The Labute approximate surface area is 159 Å². The number of piperidine rings is 1. The minimum Gasteiger partial charge on any atom is -0.382 e. The third-order valence-electron chi connectivity index (χ3n) is 5.06. The summed E-state index contributed by atoms with van der Waals surface area (Å²) in [5.41, 5.74) is 2.77. The molecule has 2 N–H and O–H groups in total. The molecule has 0 aliphatic carbocycles. The molecule has 0 radical (unpaired) electrons. The van der Waals surface area contributed by atoms with Gasteiger partial charge >= 0.3 is 0 Å². The van der Waals surface area contributed by atoms with E-state index in [-0.39, 0.29) is 0 Å². The Morgan fingerprint density at radius 2 is 2.04 bits per heavy atom. The first kappa shape index (κ1) is 20.7. The lowest BCUT2D eigenvalue weighted by atomic mass is 10.0. The monoisotopic (exact) mass is 360 g/mol. The van der Waals surface area contributed by atoms with Crippen LogP contribution in [0, 0.1) is 0 Å². The predicted octanol–water partition coefficient (Wildman–Crippen LogP) is 3.15. The summed E-state index contributed by atoms with van der Waals surface area (Å²) >= 11 is 0. The van der Waals surface area contributed by atoms with Crippen LogP contribution in [0.3, 0.4) is 0 Å². The Kier molecular flexibility index (Phi) is 9.50. The Hall–Kier alpha value is -1.59. The summed E-state index contributed by atoms with van der Waals surface area (Å²) in [4.78, 5) is 6.94. The third kappa shape index (κ3) is 6.96. The van der Waals surface area contributed by atoms with Crippen molar-refractivity contribution in [3.8, 4) is 0 Å². The molecule has 1 atom stereocenters. The van der Waals surface area contributed by atoms with Crippen molar-refractivity contribution >= 4 is 5.96 Å². The number of rotatable bonds is 9. The Morgan fingerprint density at radius 3 is 2.77 bits per heavy atom. The highest BCUT2D eigenvalue weighted by atomic mass is 16.5.